The van der Waals surface area contributed by atoms with Crippen molar-refractivity contribution in [1.29, 1.82) is 0 Å². The third-order valence-corrected chi connectivity index (χ3v) is 6.89. The first kappa shape index (κ1) is 21.9. The van der Waals surface area contributed by atoms with Gasteiger partial charge in [-0.25, -0.2) is 0 Å². The molecule has 1 aromatic carbocycles. The highest BCUT2D eigenvalue weighted by molar-refractivity contribution is 5.86. The topological polar surface area (TPSA) is 136 Å². The number of fused-ring (bicyclic) bond motifs is 2. The number of aromatic hydroxyl groups is 2. The lowest BCUT2D eigenvalue weighted by Crippen LogP contribution is -2.56. The van der Waals surface area contributed by atoms with Gasteiger partial charge in [-0.15, -0.1) is 10.1 Å². The van der Waals surface area contributed by atoms with Crippen molar-refractivity contribution in [2.24, 2.45) is 17.3 Å². The molecular weight excluding hydrogens is 394 g/mol. The summed E-state index contributed by atoms with van der Waals surface area (Å²) in [6.45, 7) is 6.50. The molecule has 1 aromatic rings. The van der Waals surface area contributed by atoms with Crippen molar-refractivity contribution in [1.82, 2.24) is 0 Å². The molecule has 3 saturated carbocycles. The fraction of sp³-hybridized carbons (Fsp3) is 0.619. The SMILES string of the molecule is CC(C)(C(=O)OCCO[N+](=O)[O-])c1cc(O)c([C@@H]2CC(=O)[C@H]3C[C@@H]2C3(C)C)c(O)c1. The van der Waals surface area contributed by atoms with E-state index in [1.807, 2.05) is 13.8 Å². The molecule has 0 saturated heterocycles. The number of ether oxygens (including phenoxy) is 1. The fourth-order valence-electron chi connectivity index (χ4n) is 4.90. The van der Waals surface area contributed by atoms with Crippen molar-refractivity contribution < 1.29 is 34.5 Å². The number of esters is 1. The normalized spacial score (nSPS) is 24.7. The number of Topliss-reactive ketones (excluding diaryl/α,β-unsaturated/α-hetero) is 1. The van der Waals surface area contributed by atoms with Crippen LogP contribution in [0.15, 0.2) is 12.1 Å². The van der Waals surface area contributed by atoms with Gasteiger partial charge < -0.3 is 19.8 Å². The molecule has 3 atom stereocenters. The molecule has 3 aliphatic rings. The third kappa shape index (κ3) is 3.57. The van der Waals surface area contributed by atoms with Crippen LogP contribution in [-0.4, -0.2) is 40.3 Å². The Kier molecular flexibility index (Phi) is 5.43. The quantitative estimate of drug-likeness (QED) is 0.297. The molecule has 0 unspecified atom stereocenters. The minimum atomic E-state index is -1.23. The van der Waals surface area contributed by atoms with Crippen LogP contribution in [0, 0.1) is 27.4 Å². The van der Waals surface area contributed by atoms with E-state index in [1.165, 1.54) is 12.1 Å². The van der Waals surface area contributed by atoms with Crippen LogP contribution in [0.25, 0.3) is 0 Å². The Morgan fingerprint density at radius 2 is 1.87 bits per heavy atom. The van der Waals surface area contributed by atoms with E-state index in [0.29, 0.717) is 11.1 Å². The Labute approximate surface area is 174 Å². The number of nitrogens with zero attached hydrogens (tertiary/aromatic N) is 1. The second kappa shape index (κ2) is 7.45. The molecule has 2 bridgehead atoms. The molecule has 164 valence electrons. The van der Waals surface area contributed by atoms with E-state index in [2.05, 4.69) is 4.84 Å². The summed E-state index contributed by atoms with van der Waals surface area (Å²) in [5, 5.41) is 30.6. The fourth-order valence-corrected chi connectivity index (χ4v) is 4.90. The molecule has 9 nitrogen and oxygen atoms in total. The average Bonchev–Trinajstić information content (AvgIpc) is 2.63. The van der Waals surface area contributed by atoms with Gasteiger partial charge in [-0.05, 0) is 49.3 Å². The molecule has 0 spiro atoms. The summed E-state index contributed by atoms with van der Waals surface area (Å²) in [5.74, 6) is -0.922. The zero-order valence-electron chi connectivity index (χ0n) is 17.5. The molecule has 9 heteroatoms. The van der Waals surface area contributed by atoms with Crippen molar-refractivity contribution in [3.8, 4) is 11.5 Å². The molecule has 2 N–H and O–H groups in total. The van der Waals surface area contributed by atoms with Crippen LogP contribution >= 0.6 is 0 Å². The molecule has 0 amide bonds. The van der Waals surface area contributed by atoms with Gasteiger partial charge in [-0.1, -0.05) is 13.8 Å². The maximum atomic E-state index is 12.5. The molecule has 0 aromatic heterocycles. The van der Waals surface area contributed by atoms with E-state index >= 15 is 0 Å². The van der Waals surface area contributed by atoms with Crippen LogP contribution in [0.2, 0.25) is 0 Å². The molecule has 3 aliphatic carbocycles. The van der Waals surface area contributed by atoms with Crippen LogP contribution in [0.1, 0.15) is 57.6 Å². The summed E-state index contributed by atoms with van der Waals surface area (Å²) < 4.78 is 5.03. The number of carbonyl (C=O) groups is 2. The molecular formula is C21H27NO8. The van der Waals surface area contributed by atoms with Crippen molar-refractivity contribution >= 4 is 11.8 Å². The maximum absolute atomic E-state index is 12.5. The molecule has 0 radical (unpaired) electrons. The van der Waals surface area contributed by atoms with Crippen molar-refractivity contribution in [2.75, 3.05) is 13.2 Å². The summed E-state index contributed by atoms with van der Waals surface area (Å²) in [5.41, 5.74) is -0.737. The van der Waals surface area contributed by atoms with Crippen LogP contribution in [0.5, 0.6) is 11.5 Å². The van der Waals surface area contributed by atoms with Gasteiger partial charge in [0, 0.05) is 23.8 Å². The molecule has 3 fully saturated rings. The number of rotatable bonds is 7. The number of ketones is 1. The summed E-state index contributed by atoms with van der Waals surface area (Å²) in [7, 11) is 0. The van der Waals surface area contributed by atoms with E-state index in [9.17, 15) is 29.9 Å². The predicted octanol–water partition coefficient (Wildman–Crippen LogP) is 2.85. The Hall–Kier alpha value is -2.84. The standard InChI is InChI=1S/C21H27NO8/c1-20(2,19(26)29-5-6-30-22(27)28)11-7-16(24)18(17(25)8-11)12-9-15(23)14-10-13(12)21(14,3)4/h7-8,12-14,24-25H,5-6,9-10H2,1-4H3/t12-,13+,14-/m1/s1. The maximum Gasteiger partial charge on any atom is 0.316 e. The number of hydrogen-bond donors (Lipinski definition) is 2. The Morgan fingerprint density at radius 1 is 1.27 bits per heavy atom. The van der Waals surface area contributed by atoms with E-state index < -0.39 is 23.1 Å². The summed E-state index contributed by atoms with van der Waals surface area (Å²) in [6.07, 6.45) is 1.03. The zero-order valence-corrected chi connectivity index (χ0v) is 17.5. The highest BCUT2D eigenvalue weighted by atomic mass is 17.0. The van der Waals surface area contributed by atoms with Crippen LogP contribution in [-0.2, 0) is 24.6 Å². The van der Waals surface area contributed by atoms with Crippen molar-refractivity contribution in [3.63, 3.8) is 0 Å². The Bertz CT molecular complexity index is 868. The summed E-state index contributed by atoms with van der Waals surface area (Å²) in [6, 6.07) is 2.82. The first-order valence-electron chi connectivity index (χ1n) is 9.91. The van der Waals surface area contributed by atoms with Gasteiger partial charge >= 0.3 is 5.97 Å². The summed E-state index contributed by atoms with van der Waals surface area (Å²) >= 11 is 0. The van der Waals surface area contributed by atoms with Gasteiger partial charge in [0.2, 0.25) is 0 Å². The van der Waals surface area contributed by atoms with Crippen LogP contribution < -0.4 is 0 Å². The number of phenols is 2. The molecule has 0 heterocycles. The van der Waals surface area contributed by atoms with E-state index in [1.54, 1.807) is 13.8 Å². The minimum Gasteiger partial charge on any atom is -0.508 e. The van der Waals surface area contributed by atoms with Crippen molar-refractivity contribution in [3.05, 3.63) is 33.4 Å². The van der Waals surface area contributed by atoms with Crippen LogP contribution in [0.4, 0.5) is 0 Å². The van der Waals surface area contributed by atoms with Gasteiger partial charge in [-0.2, -0.15) is 0 Å². The lowest BCUT2D eigenvalue weighted by atomic mass is 9.44. The monoisotopic (exact) mass is 421 g/mol. The first-order chi connectivity index (χ1) is 13.9. The minimum absolute atomic E-state index is 0.0373. The van der Waals surface area contributed by atoms with Crippen LogP contribution in [0.3, 0.4) is 0 Å². The Balaban J connectivity index is 1.81. The third-order valence-electron chi connectivity index (χ3n) is 6.89. The average molecular weight is 421 g/mol. The van der Waals surface area contributed by atoms with Gasteiger partial charge in [0.05, 0.1) is 5.41 Å². The second-order valence-electron chi connectivity index (χ2n) is 9.24. The van der Waals surface area contributed by atoms with Crippen molar-refractivity contribution in [2.45, 2.75) is 51.9 Å². The zero-order chi connectivity index (χ0) is 22.4. The number of phenolic OH excluding ortho intramolecular Hbond substituents is 2. The molecule has 0 aliphatic heterocycles. The smallest absolute Gasteiger partial charge is 0.316 e. The number of benzene rings is 1. The van der Waals surface area contributed by atoms with E-state index in [0.717, 1.165) is 6.42 Å². The van der Waals surface area contributed by atoms with Gasteiger partial charge in [0.25, 0.3) is 5.09 Å². The largest absolute Gasteiger partial charge is 0.508 e. The second-order valence-corrected chi connectivity index (χ2v) is 9.24. The Morgan fingerprint density at radius 3 is 2.37 bits per heavy atom. The lowest BCUT2D eigenvalue weighted by molar-refractivity contribution is -0.757. The van der Waals surface area contributed by atoms with Gasteiger partial charge in [0.1, 0.15) is 30.5 Å². The summed E-state index contributed by atoms with van der Waals surface area (Å²) in [4.78, 5) is 39.2. The predicted molar refractivity (Wildman–Crippen MR) is 104 cm³/mol. The van der Waals surface area contributed by atoms with Gasteiger partial charge in [-0.3, -0.25) is 9.59 Å². The van der Waals surface area contributed by atoms with Gasteiger partial charge in [0.15, 0.2) is 0 Å². The molecule has 4 rings (SSSR count). The number of hydrogen-bond acceptors (Lipinski definition) is 8. The number of carbonyl (C=O) groups excluding carboxylic acids is 2. The first-order valence-corrected chi connectivity index (χ1v) is 9.91. The molecule has 30 heavy (non-hydrogen) atoms. The van der Waals surface area contributed by atoms with E-state index in [-0.39, 0.29) is 53.5 Å². The highest BCUT2D eigenvalue weighted by Gasteiger charge is 2.59. The highest BCUT2D eigenvalue weighted by Crippen LogP contribution is 2.64. The van der Waals surface area contributed by atoms with E-state index in [4.69, 9.17) is 4.74 Å². The lowest BCUT2D eigenvalue weighted by Gasteiger charge is -2.59.